The van der Waals surface area contributed by atoms with Gasteiger partial charge in [-0.25, -0.2) is 9.97 Å². The van der Waals surface area contributed by atoms with Crippen LogP contribution in [-0.2, 0) is 0 Å². The van der Waals surface area contributed by atoms with E-state index in [2.05, 4.69) is 65.6 Å². The summed E-state index contributed by atoms with van der Waals surface area (Å²) < 4.78 is 2.44. The van der Waals surface area contributed by atoms with Crippen molar-refractivity contribution >= 4 is 19.9 Å². The molecule has 106 valence electrons. The number of hydrogen-bond donors (Lipinski definition) is 0. The second kappa shape index (κ2) is 6.66. The van der Waals surface area contributed by atoms with Gasteiger partial charge < -0.3 is 4.57 Å². The van der Waals surface area contributed by atoms with Crippen molar-refractivity contribution in [2.45, 2.75) is 38.9 Å². The molecule has 0 aliphatic heterocycles. The Morgan fingerprint density at radius 3 is 1.90 bits per heavy atom. The zero-order chi connectivity index (χ0) is 14.4. The van der Waals surface area contributed by atoms with Crippen molar-refractivity contribution in [2.75, 3.05) is 4.57 Å². The predicted octanol–water partition coefficient (Wildman–Crippen LogP) is 4.62. The lowest BCUT2D eigenvalue weighted by Crippen LogP contribution is -2.50. The number of benzene rings is 1. The Morgan fingerprint density at radius 1 is 0.850 bits per heavy atom. The van der Waals surface area contributed by atoms with Crippen molar-refractivity contribution in [1.82, 2.24) is 9.97 Å². The lowest BCUT2D eigenvalue weighted by atomic mass is 10.3. The zero-order valence-electron chi connectivity index (χ0n) is 12.6. The monoisotopic (exact) mass is 285 g/mol. The van der Waals surface area contributed by atoms with E-state index in [9.17, 15) is 0 Å². The smallest absolute Gasteiger partial charge is 0.221 e. The van der Waals surface area contributed by atoms with Crippen LogP contribution in [0.1, 0.15) is 20.8 Å². The van der Waals surface area contributed by atoms with Crippen LogP contribution in [0.3, 0.4) is 0 Å². The highest BCUT2D eigenvalue weighted by Gasteiger charge is 2.37. The summed E-state index contributed by atoms with van der Waals surface area (Å²) in [7, 11) is -1.62. The molecule has 0 unspecified atom stereocenters. The predicted molar refractivity (Wildman–Crippen MR) is 87.8 cm³/mol. The van der Waals surface area contributed by atoms with Crippen molar-refractivity contribution in [3.8, 4) is 0 Å². The molecule has 0 aliphatic carbocycles. The molecule has 0 saturated carbocycles. The number of nitrogens with zero attached hydrogens (tertiary/aromatic N) is 3. The molecule has 0 N–H and O–H groups in total. The third kappa shape index (κ3) is 2.75. The summed E-state index contributed by atoms with van der Waals surface area (Å²) in [5, 5.41) is 0. The van der Waals surface area contributed by atoms with E-state index < -0.39 is 8.24 Å². The van der Waals surface area contributed by atoms with Crippen molar-refractivity contribution in [2.24, 2.45) is 0 Å². The molecule has 0 atom stereocenters. The molecule has 3 nitrogen and oxygen atoms in total. The van der Waals surface area contributed by atoms with Gasteiger partial charge in [0, 0.05) is 18.1 Å². The summed E-state index contributed by atoms with van der Waals surface area (Å²) in [4.78, 5) is 9.03. The third-order valence-electron chi connectivity index (χ3n) is 4.22. The van der Waals surface area contributed by atoms with Gasteiger partial charge in [0.05, 0.1) is 0 Å². The van der Waals surface area contributed by atoms with Crippen LogP contribution in [0.5, 0.6) is 0 Å². The van der Waals surface area contributed by atoms with E-state index in [-0.39, 0.29) is 0 Å². The Kier molecular flexibility index (Phi) is 4.90. The quantitative estimate of drug-likeness (QED) is 0.725. The first-order chi connectivity index (χ1) is 9.77. The highest BCUT2D eigenvalue weighted by atomic mass is 28.3. The Balaban J connectivity index is 2.55. The molecule has 0 fully saturated rings. The van der Waals surface area contributed by atoms with Gasteiger partial charge in [0.25, 0.3) is 0 Å². The van der Waals surface area contributed by atoms with Gasteiger partial charge in [-0.15, -0.1) is 0 Å². The molecule has 2 aromatic rings. The number of anilines is 2. The fraction of sp³-hybridized carbons (Fsp3) is 0.375. The molecule has 2 rings (SSSR count). The maximum absolute atomic E-state index is 4.51. The summed E-state index contributed by atoms with van der Waals surface area (Å²) in [5.41, 5.74) is 1.22. The van der Waals surface area contributed by atoms with Crippen molar-refractivity contribution in [3.05, 3.63) is 48.8 Å². The van der Waals surface area contributed by atoms with E-state index >= 15 is 0 Å². The Bertz CT molecular complexity index is 464. The number of para-hydroxylation sites is 1. The van der Waals surface area contributed by atoms with Crippen LogP contribution in [0.4, 0.5) is 11.6 Å². The molecule has 0 bridgehead atoms. The van der Waals surface area contributed by atoms with E-state index in [1.165, 1.54) is 23.8 Å². The van der Waals surface area contributed by atoms with Crippen LogP contribution in [0.15, 0.2) is 48.8 Å². The minimum absolute atomic E-state index is 0.843. The molecule has 4 heteroatoms. The SMILES string of the molecule is CC[Si](CC)(CC)N(c1ccccc1)c1ncccn1. The fourth-order valence-electron chi connectivity index (χ4n) is 2.81. The number of aromatic nitrogens is 2. The molecule has 0 aliphatic rings. The van der Waals surface area contributed by atoms with Crippen molar-refractivity contribution < 1.29 is 0 Å². The van der Waals surface area contributed by atoms with Crippen LogP contribution in [0.25, 0.3) is 0 Å². The Labute approximate surface area is 122 Å². The maximum atomic E-state index is 4.51. The van der Waals surface area contributed by atoms with Crippen LogP contribution in [0.2, 0.25) is 18.1 Å². The minimum atomic E-state index is -1.62. The van der Waals surface area contributed by atoms with Crippen molar-refractivity contribution in [1.29, 1.82) is 0 Å². The van der Waals surface area contributed by atoms with E-state index in [4.69, 9.17) is 0 Å². The number of hydrogen-bond acceptors (Lipinski definition) is 3. The molecule has 0 amide bonds. The number of rotatable bonds is 6. The Hall–Kier alpha value is -1.68. The second-order valence-electron chi connectivity index (χ2n) is 5.00. The average molecular weight is 285 g/mol. The lowest BCUT2D eigenvalue weighted by molar-refractivity contribution is 1.04. The van der Waals surface area contributed by atoms with Crippen LogP contribution >= 0.6 is 0 Å². The summed E-state index contributed by atoms with van der Waals surface area (Å²) in [6, 6.07) is 16.0. The maximum Gasteiger partial charge on any atom is 0.221 e. The Morgan fingerprint density at radius 2 is 1.40 bits per heavy atom. The molecule has 20 heavy (non-hydrogen) atoms. The summed E-state index contributed by atoms with van der Waals surface area (Å²) in [5.74, 6) is 0.843. The van der Waals surface area contributed by atoms with E-state index in [0.29, 0.717) is 0 Å². The highest BCUT2D eigenvalue weighted by Crippen LogP contribution is 2.35. The van der Waals surface area contributed by atoms with Crippen LogP contribution in [0, 0.1) is 0 Å². The standard InChI is InChI=1S/C16H23N3Si/c1-4-20(5-2,6-3)19(15-11-8-7-9-12-15)16-17-13-10-14-18-16/h7-14H,4-6H2,1-3H3. The minimum Gasteiger partial charge on any atom is -0.338 e. The van der Waals surface area contributed by atoms with Gasteiger partial charge in [-0.2, -0.15) is 0 Å². The van der Waals surface area contributed by atoms with Gasteiger partial charge in [0.15, 0.2) is 8.24 Å². The summed E-state index contributed by atoms with van der Waals surface area (Å²) in [6.07, 6.45) is 3.66. The van der Waals surface area contributed by atoms with Gasteiger partial charge in [0.2, 0.25) is 5.95 Å². The molecule has 1 aromatic carbocycles. The zero-order valence-corrected chi connectivity index (χ0v) is 13.6. The van der Waals surface area contributed by atoms with E-state index in [1.54, 1.807) is 0 Å². The molecular weight excluding hydrogens is 262 g/mol. The largest absolute Gasteiger partial charge is 0.338 e. The normalized spacial score (nSPS) is 11.3. The molecule has 0 radical (unpaired) electrons. The first-order valence-electron chi connectivity index (χ1n) is 7.39. The lowest BCUT2D eigenvalue weighted by Gasteiger charge is -2.40. The van der Waals surface area contributed by atoms with Gasteiger partial charge in [0.1, 0.15) is 0 Å². The first-order valence-corrected chi connectivity index (χ1v) is 9.96. The second-order valence-corrected chi connectivity index (χ2v) is 10.0. The van der Waals surface area contributed by atoms with Gasteiger partial charge in [-0.1, -0.05) is 39.0 Å². The molecule has 0 spiro atoms. The average Bonchev–Trinajstić information content (AvgIpc) is 2.54. The summed E-state index contributed by atoms with van der Waals surface area (Å²) in [6.45, 7) is 6.91. The molecular formula is C16H23N3Si. The van der Waals surface area contributed by atoms with Gasteiger partial charge in [-0.3, -0.25) is 0 Å². The molecule has 1 heterocycles. The highest BCUT2D eigenvalue weighted by molar-refractivity contribution is 6.84. The molecule has 1 aromatic heterocycles. The third-order valence-corrected chi connectivity index (χ3v) is 9.57. The van der Waals surface area contributed by atoms with Gasteiger partial charge in [-0.05, 0) is 36.3 Å². The van der Waals surface area contributed by atoms with E-state index in [0.717, 1.165) is 5.95 Å². The van der Waals surface area contributed by atoms with Crippen LogP contribution < -0.4 is 4.57 Å². The summed E-state index contributed by atoms with van der Waals surface area (Å²) >= 11 is 0. The first kappa shape index (κ1) is 14.7. The van der Waals surface area contributed by atoms with E-state index in [1.807, 2.05) is 18.5 Å². The topological polar surface area (TPSA) is 29.0 Å². The molecule has 0 saturated heterocycles. The van der Waals surface area contributed by atoms with Crippen molar-refractivity contribution in [3.63, 3.8) is 0 Å². The fourth-order valence-corrected chi connectivity index (χ4v) is 6.49. The van der Waals surface area contributed by atoms with Crippen LogP contribution in [-0.4, -0.2) is 18.2 Å². The van der Waals surface area contributed by atoms with Gasteiger partial charge >= 0.3 is 0 Å².